The van der Waals surface area contributed by atoms with E-state index in [0.717, 1.165) is 21.1 Å². The summed E-state index contributed by atoms with van der Waals surface area (Å²) in [5, 5.41) is 2.15. The summed E-state index contributed by atoms with van der Waals surface area (Å²) in [5.41, 5.74) is 0.941. The molecule has 11 heteroatoms. The van der Waals surface area contributed by atoms with Crippen LogP contribution < -0.4 is 10.1 Å². The minimum Gasteiger partial charge on any atom is -0.489 e. The summed E-state index contributed by atoms with van der Waals surface area (Å²) in [6, 6.07) is 9.57. The van der Waals surface area contributed by atoms with E-state index in [1.807, 2.05) is 0 Å². The van der Waals surface area contributed by atoms with E-state index in [2.05, 4.69) is 27.8 Å². The first-order valence-corrected chi connectivity index (χ1v) is 12.3. The van der Waals surface area contributed by atoms with Crippen molar-refractivity contribution in [1.82, 2.24) is 4.90 Å². The summed E-state index contributed by atoms with van der Waals surface area (Å²) in [6.07, 6.45) is 3.13. The van der Waals surface area contributed by atoms with Gasteiger partial charge < -0.3 is 14.8 Å². The quantitative estimate of drug-likeness (QED) is 0.237. The van der Waals surface area contributed by atoms with Gasteiger partial charge in [0.05, 0.1) is 22.1 Å². The highest BCUT2D eigenvalue weighted by atomic mass is 79.9. The maximum atomic E-state index is 12.9. The molecule has 35 heavy (non-hydrogen) atoms. The van der Waals surface area contributed by atoms with Crippen LogP contribution in [0.5, 0.6) is 5.75 Å². The van der Waals surface area contributed by atoms with Gasteiger partial charge in [0.1, 0.15) is 18.9 Å². The van der Waals surface area contributed by atoms with Crippen molar-refractivity contribution in [1.29, 1.82) is 0 Å². The Morgan fingerprint density at radius 1 is 1.23 bits per heavy atom. The molecule has 182 valence electrons. The first-order valence-electron chi connectivity index (χ1n) is 10.3. The van der Waals surface area contributed by atoms with E-state index in [9.17, 15) is 19.2 Å². The van der Waals surface area contributed by atoms with Gasteiger partial charge in [0.2, 0.25) is 5.91 Å². The number of rotatable bonds is 9. The Balaban J connectivity index is 1.73. The summed E-state index contributed by atoms with van der Waals surface area (Å²) in [5.74, 6) is -1.34. The number of thioether (sulfide) groups is 1. The van der Waals surface area contributed by atoms with Gasteiger partial charge in [-0.2, -0.15) is 0 Å². The van der Waals surface area contributed by atoms with E-state index < -0.39 is 29.6 Å². The smallest absolute Gasteiger partial charge is 0.339 e. The van der Waals surface area contributed by atoms with Gasteiger partial charge in [0, 0.05) is 15.7 Å². The molecule has 1 fully saturated rings. The molecule has 1 aliphatic heterocycles. The molecule has 0 spiro atoms. The first kappa shape index (κ1) is 26.5. The number of nitrogens with one attached hydrogen (secondary N) is 1. The average molecular weight is 580 g/mol. The molecule has 0 bridgehead atoms. The van der Waals surface area contributed by atoms with E-state index in [4.69, 9.17) is 21.1 Å². The minimum absolute atomic E-state index is 0.0870. The van der Waals surface area contributed by atoms with Crippen LogP contribution in [0.3, 0.4) is 0 Å². The zero-order valence-electron chi connectivity index (χ0n) is 18.5. The fourth-order valence-corrected chi connectivity index (χ4v) is 4.40. The highest BCUT2D eigenvalue weighted by Crippen LogP contribution is 2.35. The number of carbonyl (C=O) groups is 4. The number of esters is 1. The van der Waals surface area contributed by atoms with Crippen molar-refractivity contribution in [3.63, 3.8) is 0 Å². The third-order valence-electron chi connectivity index (χ3n) is 4.54. The third-order valence-corrected chi connectivity index (χ3v) is 6.27. The second kappa shape index (κ2) is 12.1. The molecule has 0 aliphatic carbocycles. The molecule has 3 amide bonds. The maximum Gasteiger partial charge on any atom is 0.339 e. The van der Waals surface area contributed by atoms with Crippen molar-refractivity contribution in [2.24, 2.45) is 0 Å². The SMILES string of the molecule is C=CCOc1ccc(Br)cc1/C=C1/SC(=O)N(CC(=O)Nc2ccc(Cl)c(C(=O)OCC)c2)C1=O. The van der Waals surface area contributed by atoms with Crippen molar-refractivity contribution in [3.05, 3.63) is 74.6 Å². The van der Waals surface area contributed by atoms with E-state index in [0.29, 0.717) is 11.3 Å². The molecule has 1 heterocycles. The van der Waals surface area contributed by atoms with Gasteiger partial charge in [0.25, 0.3) is 11.1 Å². The van der Waals surface area contributed by atoms with Crippen LogP contribution in [-0.2, 0) is 14.3 Å². The molecule has 0 saturated carbocycles. The van der Waals surface area contributed by atoms with Gasteiger partial charge in [-0.3, -0.25) is 19.3 Å². The maximum absolute atomic E-state index is 12.9. The Bertz CT molecular complexity index is 1230. The number of amides is 3. The average Bonchev–Trinajstić information content (AvgIpc) is 3.07. The zero-order chi connectivity index (χ0) is 25.5. The number of hydrogen-bond donors (Lipinski definition) is 1. The van der Waals surface area contributed by atoms with Crippen molar-refractivity contribution >= 4 is 74.1 Å². The zero-order valence-corrected chi connectivity index (χ0v) is 21.7. The lowest BCUT2D eigenvalue weighted by Gasteiger charge is -2.13. The van der Waals surface area contributed by atoms with Crippen LogP contribution in [0.2, 0.25) is 5.02 Å². The molecule has 0 atom stereocenters. The summed E-state index contributed by atoms with van der Waals surface area (Å²) < 4.78 is 11.3. The van der Waals surface area contributed by atoms with Crippen LogP contribution >= 0.6 is 39.3 Å². The molecule has 3 rings (SSSR count). The molecular weight excluding hydrogens is 560 g/mol. The molecule has 1 N–H and O–H groups in total. The van der Waals surface area contributed by atoms with Gasteiger partial charge in [0.15, 0.2) is 0 Å². The van der Waals surface area contributed by atoms with Crippen LogP contribution in [0.25, 0.3) is 6.08 Å². The molecular formula is C24H20BrClN2O6S. The predicted molar refractivity (Wildman–Crippen MR) is 139 cm³/mol. The monoisotopic (exact) mass is 578 g/mol. The molecule has 1 aliphatic rings. The lowest BCUT2D eigenvalue weighted by molar-refractivity contribution is -0.127. The van der Waals surface area contributed by atoms with E-state index in [-0.39, 0.29) is 34.4 Å². The van der Waals surface area contributed by atoms with Crippen LogP contribution in [0.4, 0.5) is 10.5 Å². The highest BCUT2D eigenvalue weighted by molar-refractivity contribution is 9.10. The Labute approximate surface area is 219 Å². The van der Waals surface area contributed by atoms with Crippen molar-refractivity contribution in [2.45, 2.75) is 6.92 Å². The number of anilines is 1. The topological polar surface area (TPSA) is 102 Å². The van der Waals surface area contributed by atoms with Gasteiger partial charge >= 0.3 is 5.97 Å². The molecule has 0 radical (unpaired) electrons. The Morgan fingerprint density at radius 2 is 2.00 bits per heavy atom. The Morgan fingerprint density at radius 3 is 2.71 bits per heavy atom. The third kappa shape index (κ3) is 6.74. The molecule has 2 aromatic carbocycles. The predicted octanol–water partition coefficient (Wildman–Crippen LogP) is 5.52. The van der Waals surface area contributed by atoms with Crippen molar-refractivity contribution in [3.8, 4) is 5.75 Å². The second-order valence-electron chi connectivity index (χ2n) is 7.01. The van der Waals surface area contributed by atoms with Gasteiger partial charge in [-0.05, 0) is 61.2 Å². The van der Waals surface area contributed by atoms with Gasteiger partial charge in [-0.15, -0.1) is 0 Å². The highest BCUT2D eigenvalue weighted by Gasteiger charge is 2.36. The lowest BCUT2D eigenvalue weighted by Crippen LogP contribution is -2.36. The van der Waals surface area contributed by atoms with Gasteiger partial charge in [-0.1, -0.05) is 40.2 Å². The number of halogens is 2. The van der Waals surface area contributed by atoms with E-state index in [1.54, 1.807) is 31.2 Å². The normalized spacial score (nSPS) is 14.3. The second-order valence-corrected chi connectivity index (χ2v) is 9.33. The van der Waals surface area contributed by atoms with Gasteiger partial charge in [-0.25, -0.2) is 4.79 Å². The van der Waals surface area contributed by atoms with Crippen LogP contribution in [-0.4, -0.2) is 47.7 Å². The van der Waals surface area contributed by atoms with Crippen LogP contribution in [0.1, 0.15) is 22.8 Å². The van der Waals surface area contributed by atoms with Crippen LogP contribution in [0, 0.1) is 0 Å². The largest absolute Gasteiger partial charge is 0.489 e. The van der Waals surface area contributed by atoms with E-state index >= 15 is 0 Å². The van der Waals surface area contributed by atoms with E-state index in [1.165, 1.54) is 24.3 Å². The number of imide groups is 1. The molecule has 0 aromatic heterocycles. The molecule has 8 nitrogen and oxygen atoms in total. The molecule has 1 saturated heterocycles. The lowest BCUT2D eigenvalue weighted by atomic mass is 10.2. The molecule has 0 unspecified atom stereocenters. The Hall–Kier alpha value is -3.08. The summed E-state index contributed by atoms with van der Waals surface area (Å²) in [4.78, 5) is 50.9. The number of hydrogen-bond acceptors (Lipinski definition) is 7. The first-order chi connectivity index (χ1) is 16.7. The van der Waals surface area contributed by atoms with Crippen molar-refractivity contribution in [2.75, 3.05) is 25.1 Å². The number of nitrogens with zero attached hydrogens (tertiary/aromatic N) is 1. The van der Waals surface area contributed by atoms with Crippen molar-refractivity contribution < 1.29 is 28.7 Å². The summed E-state index contributed by atoms with van der Waals surface area (Å²) in [6.45, 7) is 5.21. The number of carbonyl (C=O) groups excluding carboxylic acids is 4. The fraction of sp³-hybridized carbons (Fsp3) is 0.167. The number of ether oxygens (including phenoxy) is 2. The fourth-order valence-electron chi connectivity index (χ4n) is 3.00. The van der Waals surface area contributed by atoms with Crippen LogP contribution in [0.15, 0.2) is 58.4 Å². The summed E-state index contributed by atoms with van der Waals surface area (Å²) >= 11 is 10.1. The molecule has 2 aromatic rings. The minimum atomic E-state index is -0.631. The number of benzene rings is 2. The summed E-state index contributed by atoms with van der Waals surface area (Å²) in [7, 11) is 0. The Kier molecular flexibility index (Phi) is 9.13. The standard InChI is InChI=1S/C24H20BrClN2O6S/c1-3-9-34-19-8-5-15(25)10-14(19)11-20-22(30)28(24(32)35-20)13-21(29)27-16-6-7-18(26)17(12-16)23(31)33-4-2/h3,5-8,10-12H,1,4,9,13H2,2H3,(H,27,29)/b20-11+.